The van der Waals surface area contributed by atoms with E-state index in [1.54, 1.807) is 36.4 Å². The Balaban J connectivity index is 1.84. The van der Waals surface area contributed by atoms with Gasteiger partial charge in [-0.25, -0.2) is 4.99 Å². The lowest BCUT2D eigenvalue weighted by atomic mass is 10.2. The number of nitrogens with one attached hydrogen (secondary N) is 1. The number of amidine groups is 1. The first-order valence-electron chi connectivity index (χ1n) is 8.19. The number of aliphatic imine (C=N–C) groups is 1. The molecule has 7 nitrogen and oxygen atoms in total. The van der Waals surface area contributed by atoms with E-state index < -0.39 is 5.91 Å². The number of hydrogen-bond acceptors (Lipinski definition) is 6. The van der Waals surface area contributed by atoms with Crippen LogP contribution in [0.25, 0.3) is 6.08 Å². The average molecular weight is 544 g/mol. The summed E-state index contributed by atoms with van der Waals surface area (Å²) in [5, 5.41) is 3.83. The molecule has 1 heterocycles. The second kappa shape index (κ2) is 9.51. The maximum atomic E-state index is 12.3. The third-order valence-corrected chi connectivity index (χ3v) is 5.58. The predicted molar refractivity (Wildman–Crippen MR) is 123 cm³/mol. The van der Waals surface area contributed by atoms with Crippen molar-refractivity contribution < 1.29 is 19.1 Å². The molecular weight excluding hydrogens is 529 g/mol. The molecule has 3 rings (SSSR count). The monoisotopic (exact) mass is 543 g/mol. The van der Waals surface area contributed by atoms with Gasteiger partial charge in [0.05, 0.1) is 21.3 Å². The molecule has 1 aliphatic heterocycles. The smallest absolute Gasteiger partial charge is 0.264 e. The van der Waals surface area contributed by atoms with E-state index in [-0.39, 0.29) is 12.5 Å². The average Bonchev–Trinajstić information content (AvgIpc) is 3.01. The number of amides is 2. The summed E-state index contributed by atoms with van der Waals surface area (Å²) in [5.41, 5.74) is 6.55. The molecule has 0 aliphatic carbocycles. The number of rotatable bonds is 6. The molecule has 150 valence electrons. The SMILES string of the molecule is COc1cc(/C=C2\SC(=Nc3ccc(Cl)cc3)NC2=O)cc(I)c1OCC(N)=O. The summed E-state index contributed by atoms with van der Waals surface area (Å²) >= 11 is 9.17. The van der Waals surface area contributed by atoms with Gasteiger partial charge in [-0.2, -0.15) is 0 Å². The number of benzene rings is 2. The maximum absolute atomic E-state index is 12.3. The lowest BCUT2D eigenvalue weighted by molar-refractivity contribution is -0.120. The second-order valence-corrected chi connectivity index (χ2v) is 8.38. The number of ether oxygens (including phenoxy) is 2. The fourth-order valence-electron chi connectivity index (χ4n) is 2.37. The van der Waals surface area contributed by atoms with Gasteiger partial charge >= 0.3 is 0 Å². The zero-order chi connectivity index (χ0) is 21.0. The van der Waals surface area contributed by atoms with Gasteiger partial charge in [-0.1, -0.05) is 11.6 Å². The molecule has 0 spiro atoms. The minimum atomic E-state index is -0.583. The van der Waals surface area contributed by atoms with Crippen LogP contribution in [0.2, 0.25) is 5.02 Å². The van der Waals surface area contributed by atoms with Crippen molar-refractivity contribution in [2.45, 2.75) is 0 Å². The van der Waals surface area contributed by atoms with Crippen LogP contribution < -0.4 is 20.5 Å². The molecule has 29 heavy (non-hydrogen) atoms. The van der Waals surface area contributed by atoms with Gasteiger partial charge < -0.3 is 20.5 Å². The first-order chi connectivity index (χ1) is 13.9. The van der Waals surface area contributed by atoms with E-state index in [0.29, 0.717) is 35.9 Å². The Morgan fingerprint density at radius 1 is 1.34 bits per heavy atom. The Bertz CT molecular complexity index is 1020. The molecule has 0 atom stereocenters. The molecule has 0 radical (unpaired) electrons. The molecular formula is C19H15ClIN3O4S. The maximum Gasteiger partial charge on any atom is 0.264 e. The van der Waals surface area contributed by atoms with Crippen molar-refractivity contribution in [1.29, 1.82) is 0 Å². The van der Waals surface area contributed by atoms with E-state index in [4.69, 9.17) is 26.8 Å². The number of primary amides is 1. The highest BCUT2D eigenvalue weighted by Crippen LogP contribution is 2.36. The van der Waals surface area contributed by atoms with E-state index in [1.165, 1.54) is 18.9 Å². The van der Waals surface area contributed by atoms with Gasteiger partial charge in [-0.3, -0.25) is 9.59 Å². The molecule has 0 unspecified atom stereocenters. The van der Waals surface area contributed by atoms with Crippen LogP contribution in [-0.4, -0.2) is 30.7 Å². The number of carbonyl (C=O) groups excluding carboxylic acids is 2. The van der Waals surface area contributed by atoms with Crippen molar-refractivity contribution in [1.82, 2.24) is 5.32 Å². The van der Waals surface area contributed by atoms with Gasteiger partial charge in [0, 0.05) is 5.02 Å². The molecule has 0 saturated carbocycles. The third kappa shape index (κ3) is 5.64. The second-order valence-electron chi connectivity index (χ2n) is 5.75. The summed E-state index contributed by atoms with van der Waals surface area (Å²) in [6.45, 7) is -0.254. The van der Waals surface area contributed by atoms with Crippen molar-refractivity contribution >= 4 is 74.7 Å². The van der Waals surface area contributed by atoms with Gasteiger partial charge in [-0.15, -0.1) is 0 Å². The Kier molecular flexibility index (Phi) is 7.04. The van der Waals surface area contributed by atoms with E-state index >= 15 is 0 Å². The molecule has 2 amide bonds. The molecule has 3 N–H and O–H groups in total. The summed E-state index contributed by atoms with van der Waals surface area (Å²) in [5.74, 6) is 0.0253. The van der Waals surface area contributed by atoms with Crippen LogP contribution in [0, 0.1) is 3.57 Å². The highest BCUT2D eigenvalue weighted by molar-refractivity contribution is 14.1. The number of methoxy groups -OCH3 is 1. The summed E-state index contributed by atoms with van der Waals surface area (Å²) < 4.78 is 11.5. The highest BCUT2D eigenvalue weighted by Gasteiger charge is 2.24. The van der Waals surface area contributed by atoms with Crippen LogP contribution in [0.5, 0.6) is 11.5 Å². The highest BCUT2D eigenvalue weighted by atomic mass is 127. The lowest BCUT2D eigenvalue weighted by Crippen LogP contribution is -2.20. The van der Waals surface area contributed by atoms with Crippen molar-refractivity contribution in [3.05, 3.63) is 55.5 Å². The third-order valence-electron chi connectivity index (χ3n) is 3.62. The summed E-state index contributed by atoms with van der Waals surface area (Å²) in [6, 6.07) is 10.5. The quantitative estimate of drug-likeness (QED) is 0.427. The van der Waals surface area contributed by atoms with Crippen molar-refractivity contribution in [3.63, 3.8) is 0 Å². The number of carbonyl (C=O) groups is 2. The molecule has 2 aromatic carbocycles. The van der Waals surface area contributed by atoms with E-state index in [2.05, 4.69) is 32.9 Å². The minimum Gasteiger partial charge on any atom is -0.493 e. The summed E-state index contributed by atoms with van der Waals surface area (Å²) in [7, 11) is 1.49. The van der Waals surface area contributed by atoms with E-state index in [9.17, 15) is 9.59 Å². The molecule has 1 fully saturated rings. The van der Waals surface area contributed by atoms with Gasteiger partial charge in [0.25, 0.3) is 11.8 Å². The van der Waals surface area contributed by atoms with Gasteiger partial charge in [-0.05, 0) is 82.4 Å². The molecule has 2 aromatic rings. The predicted octanol–water partition coefficient (Wildman–Crippen LogP) is 3.71. The van der Waals surface area contributed by atoms with Crippen LogP contribution in [0.3, 0.4) is 0 Å². The number of thioether (sulfide) groups is 1. The van der Waals surface area contributed by atoms with Crippen LogP contribution in [0.1, 0.15) is 5.56 Å². The molecule has 0 bridgehead atoms. The van der Waals surface area contributed by atoms with Gasteiger partial charge in [0.2, 0.25) is 0 Å². The Labute approximate surface area is 189 Å². The molecule has 0 aromatic heterocycles. The Morgan fingerprint density at radius 3 is 2.72 bits per heavy atom. The van der Waals surface area contributed by atoms with Gasteiger partial charge in [0.15, 0.2) is 23.3 Å². The number of nitrogens with zero attached hydrogens (tertiary/aromatic N) is 1. The normalized spacial score (nSPS) is 16.2. The van der Waals surface area contributed by atoms with E-state index in [0.717, 1.165) is 5.56 Å². The topological polar surface area (TPSA) is 103 Å². The van der Waals surface area contributed by atoms with Crippen molar-refractivity contribution in [2.24, 2.45) is 10.7 Å². The number of hydrogen-bond donors (Lipinski definition) is 2. The fraction of sp³-hybridized carbons (Fsp3) is 0.105. The Hall–Kier alpha value is -2.24. The first-order valence-corrected chi connectivity index (χ1v) is 10.5. The Morgan fingerprint density at radius 2 is 2.07 bits per heavy atom. The van der Waals surface area contributed by atoms with Crippen LogP contribution in [0.15, 0.2) is 46.3 Å². The zero-order valence-corrected chi connectivity index (χ0v) is 18.8. The first kappa shape index (κ1) is 21.5. The lowest BCUT2D eigenvalue weighted by Gasteiger charge is -2.12. The number of nitrogens with two attached hydrogens (primary N) is 1. The molecule has 1 aliphatic rings. The molecule has 1 saturated heterocycles. The minimum absolute atomic E-state index is 0.245. The standard InChI is InChI=1S/C19H15ClIN3O4S/c1-27-14-7-10(6-13(21)17(14)28-9-16(22)25)8-15-18(26)24-19(29-15)23-12-4-2-11(20)3-5-12/h2-8H,9H2,1H3,(H2,22,25)(H,23,24,26)/b15-8-. The van der Waals surface area contributed by atoms with E-state index in [1.807, 2.05) is 6.07 Å². The fourth-order valence-corrected chi connectivity index (χ4v) is 4.12. The van der Waals surface area contributed by atoms with Crippen molar-refractivity contribution in [2.75, 3.05) is 13.7 Å². The summed E-state index contributed by atoms with van der Waals surface area (Å²) in [6.07, 6.45) is 1.73. The summed E-state index contributed by atoms with van der Waals surface area (Å²) in [4.78, 5) is 28.2. The van der Waals surface area contributed by atoms with Crippen LogP contribution in [0.4, 0.5) is 5.69 Å². The van der Waals surface area contributed by atoms with Crippen LogP contribution >= 0.6 is 46.0 Å². The zero-order valence-electron chi connectivity index (χ0n) is 15.1. The van der Waals surface area contributed by atoms with Crippen molar-refractivity contribution in [3.8, 4) is 11.5 Å². The molecule has 10 heteroatoms. The van der Waals surface area contributed by atoms with Crippen LogP contribution in [-0.2, 0) is 9.59 Å². The van der Waals surface area contributed by atoms with Gasteiger partial charge in [0.1, 0.15) is 0 Å². The largest absolute Gasteiger partial charge is 0.493 e. The number of halogens is 2.